The Labute approximate surface area is 169 Å². The summed E-state index contributed by atoms with van der Waals surface area (Å²) in [6.45, 7) is 6.58. The lowest BCUT2D eigenvalue weighted by molar-refractivity contribution is -0.129. The second-order valence-corrected chi connectivity index (χ2v) is 6.99. The Bertz CT molecular complexity index is 946. The van der Waals surface area contributed by atoms with Crippen molar-refractivity contribution in [2.24, 2.45) is 4.99 Å². The molecule has 28 heavy (non-hydrogen) atoms. The molecule has 0 spiro atoms. The van der Waals surface area contributed by atoms with Gasteiger partial charge in [0.1, 0.15) is 0 Å². The van der Waals surface area contributed by atoms with Crippen LogP contribution in [0, 0.1) is 0 Å². The summed E-state index contributed by atoms with van der Waals surface area (Å²) < 4.78 is 16.2. The van der Waals surface area contributed by atoms with Crippen LogP contribution in [0.1, 0.15) is 43.4 Å². The van der Waals surface area contributed by atoms with E-state index in [9.17, 15) is 4.79 Å². The molecular weight excluding hydrogens is 378 g/mol. The van der Waals surface area contributed by atoms with Crippen LogP contribution in [-0.4, -0.2) is 25.6 Å². The number of hydrogen-bond acceptors (Lipinski definition) is 5. The molecule has 1 aliphatic heterocycles. The first-order valence-electron chi connectivity index (χ1n) is 9.06. The number of halogens is 1. The van der Waals surface area contributed by atoms with Crippen LogP contribution >= 0.6 is 11.6 Å². The number of benzene rings is 2. The number of hydrogen-bond donors (Lipinski definition) is 0. The molecular formula is C22H22ClNO4. The molecule has 0 atom stereocenters. The van der Waals surface area contributed by atoms with Gasteiger partial charge in [0.25, 0.3) is 0 Å². The molecule has 3 rings (SSSR count). The Hall–Kier alpha value is -2.79. The summed E-state index contributed by atoms with van der Waals surface area (Å²) in [6.07, 6.45) is 1.61. The minimum atomic E-state index is -0.507. The zero-order chi connectivity index (χ0) is 20.3. The Kier molecular flexibility index (Phi) is 6.05. The molecule has 0 bridgehead atoms. The van der Waals surface area contributed by atoms with Gasteiger partial charge in [-0.2, -0.15) is 0 Å². The number of esters is 1. The van der Waals surface area contributed by atoms with E-state index in [0.717, 1.165) is 5.56 Å². The molecule has 0 amide bonds. The number of carbonyl (C=O) groups excluding carboxylic acids is 1. The van der Waals surface area contributed by atoms with E-state index < -0.39 is 5.97 Å². The normalized spacial score (nSPS) is 15.0. The van der Waals surface area contributed by atoms with Gasteiger partial charge in [0.05, 0.1) is 18.7 Å². The van der Waals surface area contributed by atoms with Crippen molar-refractivity contribution in [2.45, 2.75) is 26.7 Å². The number of methoxy groups -OCH3 is 1. The van der Waals surface area contributed by atoms with Gasteiger partial charge in [-0.25, -0.2) is 9.79 Å². The van der Waals surface area contributed by atoms with Gasteiger partial charge >= 0.3 is 5.97 Å². The van der Waals surface area contributed by atoms with Gasteiger partial charge in [-0.15, -0.1) is 0 Å². The van der Waals surface area contributed by atoms with E-state index in [2.05, 4.69) is 18.8 Å². The third-order valence-corrected chi connectivity index (χ3v) is 4.57. The maximum Gasteiger partial charge on any atom is 0.363 e. The highest BCUT2D eigenvalue weighted by Crippen LogP contribution is 2.37. The van der Waals surface area contributed by atoms with Crippen LogP contribution in [0.3, 0.4) is 0 Å². The van der Waals surface area contributed by atoms with Crippen LogP contribution in [0.15, 0.2) is 47.1 Å². The van der Waals surface area contributed by atoms with E-state index in [1.54, 1.807) is 18.2 Å². The number of rotatable bonds is 6. The molecule has 6 heteroatoms. The van der Waals surface area contributed by atoms with E-state index in [-0.39, 0.29) is 11.6 Å². The highest BCUT2D eigenvalue weighted by Gasteiger charge is 2.24. The predicted octanol–water partition coefficient (Wildman–Crippen LogP) is 5.22. The van der Waals surface area contributed by atoms with Gasteiger partial charge in [-0.1, -0.05) is 37.6 Å². The van der Waals surface area contributed by atoms with Crippen molar-refractivity contribution in [3.63, 3.8) is 0 Å². The molecule has 0 unspecified atom stereocenters. The minimum absolute atomic E-state index is 0.199. The van der Waals surface area contributed by atoms with Crippen molar-refractivity contribution in [3.8, 4) is 11.5 Å². The Morgan fingerprint density at radius 3 is 2.54 bits per heavy atom. The molecule has 0 radical (unpaired) electrons. The Morgan fingerprint density at radius 1 is 1.21 bits per heavy atom. The van der Waals surface area contributed by atoms with E-state index in [4.69, 9.17) is 25.8 Å². The van der Waals surface area contributed by atoms with E-state index in [1.165, 1.54) is 12.7 Å². The molecule has 0 aliphatic carbocycles. The lowest BCUT2D eigenvalue weighted by Gasteiger charge is -2.11. The van der Waals surface area contributed by atoms with Crippen LogP contribution in [0.5, 0.6) is 11.5 Å². The monoisotopic (exact) mass is 399 g/mol. The van der Waals surface area contributed by atoms with Crippen molar-refractivity contribution < 1.29 is 19.0 Å². The summed E-state index contributed by atoms with van der Waals surface area (Å²) in [7, 11) is 1.53. The average molecular weight is 400 g/mol. The number of aliphatic imine (C=N–C) groups is 1. The van der Waals surface area contributed by atoms with Crippen molar-refractivity contribution in [2.75, 3.05) is 13.7 Å². The van der Waals surface area contributed by atoms with Crippen LogP contribution in [-0.2, 0) is 9.53 Å². The van der Waals surface area contributed by atoms with Crippen molar-refractivity contribution in [3.05, 3.63) is 63.8 Å². The fraction of sp³-hybridized carbons (Fsp3) is 0.273. The molecule has 0 N–H and O–H groups in total. The summed E-state index contributed by atoms with van der Waals surface area (Å²) in [5, 5.41) is 0.396. The maximum atomic E-state index is 12.3. The molecule has 0 fully saturated rings. The summed E-state index contributed by atoms with van der Waals surface area (Å²) in [5.41, 5.74) is 2.83. The topological polar surface area (TPSA) is 57.1 Å². The summed E-state index contributed by atoms with van der Waals surface area (Å²) >= 11 is 6.29. The van der Waals surface area contributed by atoms with E-state index in [0.29, 0.717) is 34.6 Å². The van der Waals surface area contributed by atoms with Crippen molar-refractivity contribution in [1.82, 2.24) is 0 Å². The standard InChI is InChI=1S/C22H22ClNO4/c1-5-27-20-17(23)10-14(12-19(20)26-4)11-18-22(25)28-21(24-18)16-8-6-15(7-9-16)13(2)3/h6-13H,5H2,1-4H3/b18-11-. The SMILES string of the molecule is CCOc1c(Cl)cc(/C=C2\N=C(c3ccc(C(C)C)cc3)OC2=O)cc1OC. The highest BCUT2D eigenvalue weighted by atomic mass is 35.5. The zero-order valence-corrected chi connectivity index (χ0v) is 17.0. The van der Waals surface area contributed by atoms with Crippen molar-refractivity contribution in [1.29, 1.82) is 0 Å². The summed E-state index contributed by atoms with van der Waals surface area (Å²) in [5.74, 6) is 1.16. The molecule has 1 aliphatic rings. The molecule has 2 aromatic rings. The molecule has 5 nitrogen and oxygen atoms in total. The Morgan fingerprint density at radius 2 is 1.93 bits per heavy atom. The van der Waals surface area contributed by atoms with Gasteiger partial charge in [0.15, 0.2) is 17.2 Å². The van der Waals surface area contributed by atoms with E-state index in [1.807, 2.05) is 31.2 Å². The fourth-order valence-corrected chi connectivity index (χ4v) is 3.08. The average Bonchev–Trinajstić information content (AvgIpc) is 3.04. The minimum Gasteiger partial charge on any atom is -0.493 e. The molecule has 0 saturated carbocycles. The first-order chi connectivity index (χ1) is 13.4. The first kappa shape index (κ1) is 20.0. The summed E-state index contributed by atoms with van der Waals surface area (Å²) in [6, 6.07) is 11.3. The molecule has 146 valence electrons. The Balaban J connectivity index is 1.92. The molecule has 2 aromatic carbocycles. The van der Waals surface area contributed by atoms with Gasteiger partial charge in [0, 0.05) is 5.56 Å². The lowest BCUT2D eigenvalue weighted by Crippen LogP contribution is -2.05. The predicted molar refractivity (Wildman–Crippen MR) is 110 cm³/mol. The van der Waals surface area contributed by atoms with Gasteiger partial charge < -0.3 is 14.2 Å². The van der Waals surface area contributed by atoms with Crippen LogP contribution in [0.2, 0.25) is 5.02 Å². The first-order valence-corrected chi connectivity index (χ1v) is 9.44. The van der Waals surface area contributed by atoms with E-state index >= 15 is 0 Å². The number of cyclic esters (lactones) is 1. The largest absolute Gasteiger partial charge is 0.493 e. The summed E-state index contributed by atoms with van der Waals surface area (Å²) in [4.78, 5) is 16.6. The zero-order valence-electron chi connectivity index (χ0n) is 16.3. The van der Waals surface area contributed by atoms with Crippen LogP contribution < -0.4 is 9.47 Å². The third kappa shape index (κ3) is 4.20. The smallest absolute Gasteiger partial charge is 0.363 e. The van der Waals surface area contributed by atoms with Gasteiger partial charge in [0.2, 0.25) is 5.90 Å². The van der Waals surface area contributed by atoms with Crippen molar-refractivity contribution >= 4 is 29.5 Å². The maximum absolute atomic E-state index is 12.3. The molecule has 1 heterocycles. The third-order valence-electron chi connectivity index (χ3n) is 4.29. The van der Waals surface area contributed by atoms with Gasteiger partial charge in [-0.05, 0) is 54.3 Å². The fourth-order valence-electron chi connectivity index (χ4n) is 2.81. The van der Waals surface area contributed by atoms with Crippen LogP contribution in [0.25, 0.3) is 6.08 Å². The second kappa shape index (κ2) is 8.48. The number of nitrogens with zero attached hydrogens (tertiary/aromatic N) is 1. The lowest BCUT2D eigenvalue weighted by atomic mass is 10.0. The second-order valence-electron chi connectivity index (χ2n) is 6.58. The van der Waals surface area contributed by atoms with Crippen LogP contribution in [0.4, 0.5) is 0 Å². The molecule has 0 saturated heterocycles. The van der Waals surface area contributed by atoms with Gasteiger partial charge in [-0.3, -0.25) is 0 Å². The molecule has 0 aromatic heterocycles. The number of carbonyl (C=O) groups is 1. The highest BCUT2D eigenvalue weighted by molar-refractivity contribution is 6.32. The quantitative estimate of drug-likeness (QED) is 0.494. The number of ether oxygens (including phenoxy) is 3.